The van der Waals surface area contributed by atoms with Gasteiger partial charge in [0.15, 0.2) is 5.75 Å². The lowest BCUT2D eigenvalue weighted by atomic mass is 10.0. The summed E-state index contributed by atoms with van der Waals surface area (Å²) in [6, 6.07) is 17.3. The maximum absolute atomic E-state index is 12.7. The molecule has 0 spiro atoms. The molecule has 0 aliphatic heterocycles. The highest BCUT2D eigenvalue weighted by molar-refractivity contribution is 5.85. The van der Waals surface area contributed by atoms with Gasteiger partial charge in [-0.05, 0) is 47.5 Å². The summed E-state index contributed by atoms with van der Waals surface area (Å²) in [5.74, 6) is 1.16. The molecule has 0 atom stereocenters. The average molecular weight is 381 g/mol. The largest absolute Gasteiger partial charge is 0.437 e. The van der Waals surface area contributed by atoms with Gasteiger partial charge in [-0.15, -0.1) is 0 Å². The van der Waals surface area contributed by atoms with E-state index >= 15 is 0 Å². The van der Waals surface area contributed by atoms with E-state index in [9.17, 15) is 13.2 Å². The summed E-state index contributed by atoms with van der Waals surface area (Å²) < 4.78 is 44.1. The number of benzene rings is 2. The predicted molar refractivity (Wildman–Crippen MR) is 101 cm³/mol. The Kier molecular flexibility index (Phi) is 4.35. The molecule has 0 radical (unpaired) electrons. The third kappa shape index (κ3) is 3.59. The van der Waals surface area contributed by atoms with Gasteiger partial charge in [-0.25, -0.2) is 9.97 Å². The maximum Gasteiger partial charge on any atom is 0.416 e. The number of halogens is 3. The molecule has 0 aliphatic carbocycles. The molecule has 2 aromatic carbocycles. The van der Waals surface area contributed by atoms with Gasteiger partial charge in [0.25, 0.3) is 0 Å². The minimum absolute atomic E-state index is 0.300. The summed E-state index contributed by atoms with van der Waals surface area (Å²) in [6.07, 6.45) is -2.83. The minimum atomic E-state index is -4.37. The molecular weight excluding hydrogens is 367 g/mol. The van der Waals surface area contributed by atoms with Crippen molar-refractivity contribution >= 4 is 16.7 Å². The van der Waals surface area contributed by atoms with E-state index in [2.05, 4.69) is 9.97 Å². The van der Waals surface area contributed by atoms with Crippen molar-refractivity contribution in [3.63, 3.8) is 0 Å². The lowest BCUT2D eigenvalue weighted by Crippen LogP contribution is -2.04. The molecule has 4 aromatic rings. The van der Waals surface area contributed by atoms with E-state index in [1.165, 1.54) is 18.3 Å². The van der Waals surface area contributed by atoms with Gasteiger partial charge in [0.05, 0.1) is 5.56 Å². The SMILES string of the molecule is Nc1ccc2cccc(Oc3cc(-c4ccc(C(F)(F)F)cc4)ccn3)c2n1. The molecule has 2 heterocycles. The van der Waals surface area contributed by atoms with Crippen LogP contribution in [0.5, 0.6) is 11.6 Å². The van der Waals surface area contributed by atoms with Crippen LogP contribution in [0.4, 0.5) is 19.0 Å². The van der Waals surface area contributed by atoms with Crippen LogP contribution in [0, 0.1) is 0 Å². The van der Waals surface area contributed by atoms with E-state index in [0.29, 0.717) is 34.1 Å². The van der Waals surface area contributed by atoms with Gasteiger partial charge in [-0.1, -0.05) is 24.3 Å². The molecule has 4 nitrogen and oxygen atoms in total. The highest BCUT2D eigenvalue weighted by atomic mass is 19.4. The van der Waals surface area contributed by atoms with Gasteiger partial charge < -0.3 is 10.5 Å². The first-order valence-corrected chi connectivity index (χ1v) is 8.37. The van der Waals surface area contributed by atoms with Crippen LogP contribution in [0.3, 0.4) is 0 Å². The van der Waals surface area contributed by atoms with Crippen molar-refractivity contribution in [3.05, 3.63) is 78.5 Å². The number of nitrogens with zero attached hydrogens (tertiary/aromatic N) is 2. The molecule has 4 rings (SSSR count). The molecule has 0 unspecified atom stereocenters. The lowest BCUT2D eigenvalue weighted by Gasteiger charge is -2.10. The first kappa shape index (κ1) is 17.8. The molecule has 140 valence electrons. The summed E-state index contributed by atoms with van der Waals surface area (Å²) in [7, 11) is 0. The van der Waals surface area contributed by atoms with Crippen molar-refractivity contribution in [3.8, 4) is 22.8 Å². The number of hydrogen-bond acceptors (Lipinski definition) is 4. The van der Waals surface area contributed by atoms with Gasteiger partial charge in [0.2, 0.25) is 5.88 Å². The lowest BCUT2D eigenvalue weighted by molar-refractivity contribution is -0.137. The summed E-state index contributed by atoms with van der Waals surface area (Å²) in [5, 5.41) is 0.866. The second-order valence-corrected chi connectivity index (χ2v) is 6.12. The Bertz CT molecular complexity index is 1140. The zero-order chi connectivity index (χ0) is 19.7. The van der Waals surface area contributed by atoms with Gasteiger partial charge in [-0.2, -0.15) is 13.2 Å². The first-order valence-electron chi connectivity index (χ1n) is 8.37. The summed E-state index contributed by atoms with van der Waals surface area (Å²) >= 11 is 0. The number of ether oxygens (including phenoxy) is 1. The van der Waals surface area contributed by atoms with Crippen LogP contribution in [0.25, 0.3) is 22.0 Å². The number of rotatable bonds is 3. The zero-order valence-corrected chi connectivity index (χ0v) is 14.4. The number of aromatic nitrogens is 2. The number of nitrogens with two attached hydrogens (primary N) is 1. The van der Waals surface area contributed by atoms with E-state index in [-0.39, 0.29) is 0 Å². The van der Waals surface area contributed by atoms with Gasteiger partial charge in [-0.3, -0.25) is 0 Å². The molecule has 0 saturated carbocycles. The molecule has 0 fully saturated rings. The van der Waals surface area contributed by atoms with Crippen molar-refractivity contribution in [2.45, 2.75) is 6.18 Å². The van der Waals surface area contributed by atoms with Crippen molar-refractivity contribution in [1.82, 2.24) is 9.97 Å². The van der Waals surface area contributed by atoms with Crippen LogP contribution in [0.2, 0.25) is 0 Å². The van der Waals surface area contributed by atoms with Crippen molar-refractivity contribution in [2.24, 2.45) is 0 Å². The molecule has 0 saturated heterocycles. The topological polar surface area (TPSA) is 61.0 Å². The number of pyridine rings is 2. The molecule has 0 bridgehead atoms. The fourth-order valence-corrected chi connectivity index (χ4v) is 2.83. The average Bonchev–Trinajstić information content (AvgIpc) is 2.68. The van der Waals surface area contributed by atoms with Crippen LogP contribution in [0.1, 0.15) is 5.56 Å². The van der Waals surface area contributed by atoms with Crippen LogP contribution in [-0.4, -0.2) is 9.97 Å². The normalized spacial score (nSPS) is 11.5. The number of para-hydroxylation sites is 1. The van der Waals surface area contributed by atoms with E-state index in [1.807, 2.05) is 18.2 Å². The molecule has 7 heteroatoms. The molecule has 0 amide bonds. The molecule has 28 heavy (non-hydrogen) atoms. The second kappa shape index (κ2) is 6.84. The van der Waals surface area contributed by atoms with Crippen molar-refractivity contribution in [2.75, 3.05) is 5.73 Å². The maximum atomic E-state index is 12.7. The van der Waals surface area contributed by atoms with E-state index in [4.69, 9.17) is 10.5 Å². The third-order valence-electron chi connectivity index (χ3n) is 4.20. The second-order valence-electron chi connectivity index (χ2n) is 6.12. The number of fused-ring (bicyclic) bond motifs is 1. The molecule has 0 aliphatic rings. The van der Waals surface area contributed by atoms with Crippen molar-refractivity contribution < 1.29 is 17.9 Å². The first-order chi connectivity index (χ1) is 13.4. The van der Waals surface area contributed by atoms with Crippen molar-refractivity contribution in [1.29, 1.82) is 0 Å². The Hall–Kier alpha value is -3.61. The number of alkyl halides is 3. The quantitative estimate of drug-likeness (QED) is 0.495. The zero-order valence-electron chi connectivity index (χ0n) is 14.4. The van der Waals surface area contributed by atoms with Crippen LogP contribution in [-0.2, 0) is 6.18 Å². The Morgan fingerprint density at radius 2 is 1.64 bits per heavy atom. The number of anilines is 1. The number of nitrogen functional groups attached to an aromatic ring is 1. The van der Waals surface area contributed by atoms with E-state index < -0.39 is 11.7 Å². The Morgan fingerprint density at radius 1 is 0.857 bits per heavy atom. The Morgan fingerprint density at radius 3 is 2.39 bits per heavy atom. The summed E-state index contributed by atoms with van der Waals surface area (Å²) in [4.78, 5) is 8.49. The van der Waals surface area contributed by atoms with Crippen LogP contribution < -0.4 is 10.5 Å². The summed E-state index contributed by atoms with van der Waals surface area (Å²) in [5.41, 5.74) is 6.99. The van der Waals surface area contributed by atoms with E-state index in [0.717, 1.165) is 17.5 Å². The number of hydrogen-bond donors (Lipinski definition) is 1. The van der Waals surface area contributed by atoms with Gasteiger partial charge >= 0.3 is 6.18 Å². The molecule has 2 aromatic heterocycles. The molecular formula is C21H14F3N3O. The summed E-state index contributed by atoms with van der Waals surface area (Å²) in [6.45, 7) is 0. The highest BCUT2D eigenvalue weighted by Crippen LogP contribution is 2.33. The fourth-order valence-electron chi connectivity index (χ4n) is 2.83. The minimum Gasteiger partial charge on any atom is -0.437 e. The fraction of sp³-hybridized carbons (Fsp3) is 0.0476. The standard InChI is InChI=1S/C21H14F3N3O/c22-21(23,24)16-7-4-13(5-8-16)15-10-11-26-19(12-15)28-17-3-1-2-14-6-9-18(25)27-20(14)17/h1-12H,(H2,25,27). The monoisotopic (exact) mass is 381 g/mol. The Labute approximate surface area is 158 Å². The predicted octanol–water partition coefficient (Wildman–Crippen LogP) is 5.69. The van der Waals surface area contributed by atoms with Crippen LogP contribution in [0.15, 0.2) is 72.9 Å². The van der Waals surface area contributed by atoms with E-state index in [1.54, 1.807) is 24.3 Å². The smallest absolute Gasteiger partial charge is 0.416 e. The molecule has 2 N–H and O–H groups in total. The highest BCUT2D eigenvalue weighted by Gasteiger charge is 2.29. The van der Waals surface area contributed by atoms with Crippen LogP contribution >= 0.6 is 0 Å². The third-order valence-corrected chi connectivity index (χ3v) is 4.20. The van der Waals surface area contributed by atoms with Gasteiger partial charge in [0, 0.05) is 17.6 Å². The Balaban J connectivity index is 1.66. The van der Waals surface area contributed by atoms with Gasteiger partial charge in [0.1, 0.15) is 11.3 Å².